The molecule has 11 heteroatoms. The van der Waals surface area contributed by atoms with E-state index in [2.05, 4.69) is 25.4 Å². The summed E-state index contributed by atoms with van der Waals surface area (Å²) < 4.78 is 11.3. The van der Waals surface area contributed by atoms with E-state index in [1.54, 1.807) is 0 Å². The van der Waals surface area contributed by atoms with Gasteiger partial charge in [-0.05, 0) is 56.0 Å². The van der Waals surface area contributed by atoms with Gasteiger partial charge in [-0.2, -0.15) is 4.98 Å². The third-order valence-electron chi connectivity index (χ3n) is 5.36. The van der Waals surface area contributed by atoms with Crippen LogP contribution in [0, 0.1) is 6.92 Å². The fraction of sp³-hybridized carbons (Fsp3) is 0.458. The Morgan fingerprint density at radius 1 is 1.14 bits per heavy atom. The highest BCUT2D eigenvalue weighted by atomic mass is 16.5. The Morgan fingerprint density at radius 3 is 2.57 bits per heavy atom. The lowest BCUT2D eigenvalue weighted by molar-refractivity contribution is -0.127. The number of aromatic nitrogens is 4. The topological polar surface area (TPSA) is 170 Å². The molecule has 0 saturated carbocycles. The lowest BCUT2D eigenvalue weighted by atomic mass is 10.0. The van der Waals surface area contributed by atoms with Crippen molar-refractivity contribution in [2.24, 2.45) is 5.73 Å². The van der Waals surface area contributed by atoms with Crippen molar-refractivity contribution >= 4 is 11.9 Å². The number of aliphatic hydroxyl groups is 2. The summed E-state index contributed by atoms with van der Waals surface area (Å²) in [5.74, 6) is 0.951. The fourth-order valence-corrected chi connectivity index (χ4v) is 3.54. The van der Waals surface area contributed by atoms with E-state index in [0.717, 1.165) is 28.8 Å². The molecule has 188 valence electrons. The van der Waals surface area contributed by atoms with Crippen molar-refractivity contribution < 1.29 is 24.3 Å². The average molecular weight is 485 g/mol. The molecule has 0 aliphatic carbocycles. The Hall–Kier alpha value is -3.57. The molecule has 3 rings (SSSR count). The minimum Gasteiger partial charge on any atom is -0.490 e. The molecular weight excluding hydrogens is 452 g/mol. The number of rotatable bonds is 12. The highest BCUT2D eigenvalue weighted by Gasteiger charge is 2.20. The Bertz CT molecular complexity index is 1170. The highest BCUT2D eigenvalue weighted by Crippen LogP contribution is 2.31. The van der Waals surface area contributed by atoms with Crippen molar-refractivity contribution in [2.75, 3.05) is 18.5 Å². The Labute approximate surface area is 203 Å². The number of primary amides is 1. The molecule has 2 heterocycles. The molecule has 0 spiro atoms. The van der Waals surface area contributed by atoms with Gasteiger partial charge in [0.2, 0.25) is 17.7 Å². The first-order valence-electron chi connectivity index (χ1n) is 11.6. The Balaban J connectivity index is 1.83. The second kappa shape index (κ2) is 11.7. The number of aryl methyl sites for hydroxylation is 3. The van der Waals surface area contributed by atoms with Gasteiger partial charge in [-0.1, -0.05) is 19.0 Å². The summed E-state index contributed by atoms with van der Waals surface area (Å²) in [7, 11) is 0. The SMILES string of the molecule is CCNc1nc(CC)cc(-c2nc(-c3cc(C)c(OC[C@@H](O)CC(O)C(N)=O)c(CC)c3)no2)n1. The zero-order chi connectivity index (χ0) is 25.5. The van der Waals surface area contributed by atoms with Crippen molar-refractivity contribution in [3.63, 3.8) is 0 Å². The number of nitrogens with two attached hydrogens (primary N) is 1. The van der Waals surface area contributed by atoms with E-state index < -0.39 is 18.1 Å². The van der Waals surface area contributed by atoms with Gasteiger partial charge in [-0.25, -0.2) is 9.97 Å². The Kier molecular flexibility index (Phi) is 8.72. The number of aliphatic hydroxyl groups excluding tert-OH is 2. The van der Waals surface area contributed by atoms with Gasteiger partial charge in [0.05, 0.1) is 6.10 Å². The quantitative estimate of drug-likeness (QED) is 0.298. The van der Waals surface area contributed by atoms with Gasteiger partial charge in [0.25, 0.3) is 5.89 Å². The summed E-state index contributed by atoms with van der Waals surface area (Å²) >= 11 is 0. The molecule has 2 aromatic heterocycles. The number of nitrogens with zero attached hydrogens (tertiary/aromatic N) is 4. The van der Waals surface area contributed by atoms with E-state index in [1.807, 2.05) is 45.9 Å². The normalized spacial score (nSPS) is 12.9. The predicted molar refractivity (Wildman–Crippen MR) is 130 cm³/mol. The van der Waals surface area contributed by atoms with Crippen molar-refractivity contribution in [2.45, 2.75) is 59.2 Å². The van der Waals surface area contributed by atoms with Gasteiger partial charge >= 0.3 is 0 Å². The zero-order valence-corrected chi connectivity index (χ0v) is 20.4. The fourth-order valence-electron chi connectivity index (χ4n) is 3.54. The number of hydrogen-bond donors (Lipinski definition) is 4. The maximum Gasteiger partial charge on any atom is 0.277 e. The first kappa shape index (κ1) is 26.0. The molecule has 11 nitrogen and oxygen atoms in total. The van der Waals surface area contributed by atoms with Gasteiger partial charge in [-0.15, -0.1) is 0 Å². The largest absolute Gasteiger partial charge is 0.490 e. The molecule has 1 amide bonds. The smallest absolute Gasteiger partial charge is 0.277 e. The molecule has 0 saturated heterocycles. The number of carbonyl (C=O) groups is 1. The molecule has 2 atom stereocenters. The number of anilines is 1. The van der Waals surface area contributed by atoms with Crippen LogP contribution in [0.15, 0.2) is 22.7 Å². The Morgan fingerprint density at radius 2 is 1.91 bits per heavy atom. The molecule has 0 fully saturated rings. The number of nitrogens with one attached hydrogen (secondary N) is 1. The molecule has 0 bridgehead atoms. The summed E-state index contributed by atoms with van der Waals surface area (Å²) in [6, 6.07) is 5.61. The molecule has 35 heavy (non-hydrogen) atoms. The van der Waals surface area contributed by atoms with Crippen LogP contribution in [0.25, 0.3) is 23.0 Å². The third kappa shape index (κ3) is 6.52. The van der Waals surface area contributed by atoms with Gasteiger partial charge in [0.15, 0.2) is 0 Å². The summed E-state index contributed by atoms with van der Waals surface area (Å²) in [5, 5.41) is 26.9. The van der Waals surface area contributed by atoms with Gasteiger partial charge in [-0.3, -0.25) is 4.79 Å². The molecule has 0 aliphatic rings. The van der Waals surface area contributed by atoms with Crippen LogP contribution >= 0.6 is 0 Å². The molecular formula is C24H32N6O5. The van der Waals surface area contributed by atoms with Crippen molar-refractivity contribution in [1.82, 2.24) is 20.1 Å². The lowest BCUT2D eigenvalue weighted by Crippen LogP contribution is -2.33. The van der Waals surface area contributed by atoms with Gasteiger partial charge in [0, 0.05) is 24.2 Å². The van der Waals surface area contributed by atoms with Crippen LogP contribution in [0.3, 0.4) is 0 Å². The molecule has 1 aromatic carbocycles. The third-order valence-corrected chi connectivity index (χ3v) is 5.36. The standard InChI is InChI=1S/C24H32N6O5/c1-5-14-9-15(8-13(4)20(14)34-12-17(31)11-19(32)21(25)33)22-29-23(35-30-22)18-10-16(6-2)27-24(28-18)26-7-3/h8-10,17,19,31-32H,5-7,11-12H2,1-4H3,(H2,25,33)(H,26,27,28)/t17-,19?/m0/s1. The van der Waals surface area contributed by atoms with Crippen LogP contribution in [0.4, 0.5) is 5.95 Å². The van der Waals surface area contributed by atoms with Crippen LogP contribution in [0.5, 0.6) is 5.75 Å². The van der Waals surface area contributed by atoms with E-state index in [4.69, 9.17) is 15.0 Å². The van der Waals surface area contributed by atoms with Crippen LogP contribution in [0.2, 0.25) is 0 Å². The summed E-state index contributed by atoms with van der Waals surface area (Å²) in [6.45, 7) is 8.45. The lowest BCUT2D eigenvalue weighted by Gasteiger charge is -2.18. The minimum atomic E-state index is -1.42. The number of ether oxygens (including phenoxy) is 1. The van der Waals surface area contributed by atoms with E-state index in [0.29, 0.717) is 42.1 Å². The number of amides is 1. The number of hydrogen-bond acceptors (Lipinski definition) is 10. The number of benzene rings is 1. The van der Waals surface area contributed by atoms with Crippen molar-refractivity contribution in [3.8, 4) is 28.7 Å². The van der Waals surface area contributed by atoms with Crippen LogP contribution in [0.1, 0.15) is 44.0 Å². The molecule has 0 aliphatic heterocycles. The maximum atomic E-state index is 11.0. The van der Waals surface area contributed by atoms with E-state index in [1.165, 1.54) is 0 Å². The summed E-state index contributed by atoms with van der Waals surface area (Å²) in [6.07, 6.45) is -1.27. The highest BCUT2D eigenvalue weighted by molar-refractivity contribution is 5.78. The molecule has 0 radical (unpaired) electrons. The predicted octanol–water partition coefficient (Wildman–Crippen LogP) is 2.03. The molecule has 5 N–H and O–H groups in total. The van der Waals surface area contributed by atoms with Gasteiger partial charge < -0.3 is 30.5 Å². The second-order valence-electron chi connectivity index (χ2n) is 8.13. The van der Waals surface area contributed by atoms with Crippen molar-refractivity contribution in [1.29, 1.82) is 0 Å². The summed E-state index contributed by atoms with van der Waals surface area (Å²) in [5.41, 5.74) is 8.91. The first-order chi connectivity index (χ1) is 16.7. The molecule has 1 unspecified atom stereocenters. The zero-order valence-electron chi connectivity index (χ0n) is 20.4. The maximum absolute atomic E-state index is 11.0. The van der Waals surface area contributed by atoms with Crippen LogP contribution in [-0.2, 0) is 17.6 Å². The first-order valence-corrected chi connectivity index (χ1v) is 11.6. The summed E-state index contributed by atoms with van der Waals surface area (Å²) in [4.78, 5) is 24.5. The second-order valence-corrected chi connectivity index (χ2v) is 8.13. The van der Waals surface area contributed by atoms with E-state index >= 15 is 0 Å². The molecule has 3 aromatic rings. The number of carbonyl (C=O) groups excluding carboxylic acids is 1. The van der Waals surface area contributed by atoms with Crippen molar-refractivity contribution in [3.05, 3.63) is 35.0 Å². The van der Waals surface area contributed by atoms with Crippen LogP contribution < -0.4 is 15.8 Å². The van der Waals surface area contributed by atoms with E-state index in [-0.39, 0.29) is 13.0 Å². The van der Waals surface area contributed by atoms with Crippen LogP contribution in [-0.4, -0.2) is 61.6 Å². The minimum absolute atomic E-state index is 0.0918. The average Bonchev–Trinajstić information content (AvgIpc) is 3.33. The van der Waals surface area contributed by atoms with E-state index in [9.17, 15) is 15.0 Å². The monoisotopic (exact) mass is 484 g/mol. The van der Waals surface area contributed by atoms with Gasteiger partial charge in [0.1, 0.15) is 24.2 Å².